The van der Waals surface area contributed by atoms with Crippen molar-refractivity contribution in [1.82, 2.24) is 0 Å². The van der Waals surface area contributed by atoms with Gasteiger partial charge in [-0.05, 0) is 6.42 Å². The van der Waals surface area contributed by atoms with Gasteiger partial charge in [0.15, 0.2) is 0 Å². The Morgan fingerprint density at radius 2 is 2.27 bits per heavy atom. The minimum atomic E-state index is -0.385. The molecule has 1 saturated heterocycles. The molecular formula is C11H18O4. The zero-order valence-electron chi connectivity index (χ0n) is 9.49. The number of hydrogen-bond acceptors (Lipinski definition) is 4. The summed E-state index contributed by atoms with van der Waals surface area (Å²) in [5, 5.41) is 0. The van der Waals surface area contributed by atoms with E-state index in [0.717, 1.165) is 6.42 Å². The molecule has 1 rings (SSSR count). The van der Waals surface area contributed by atoms with E-state index in [1.807, 2.05) is 6.92 Å². The summed E-state index contributed by atoms with van der Waals surface area (Å²) in [5.74, 6) is 0.427. The Labute approximate surface area is 90.2 Å². The monoisotopic (exact) mass is 214 g/mol. The van der Waals surface area contributed by atoms with Crippen LogP contribution in [0.1, 0.15) is 26.7 Å². The van der Waals surface area contributed by atoms with Crippen molar-refractivity contribution in [2.24, 2.45) is 5.92 Å². The van der Waals surface area contributed by atoms with Crippen LogP contribution in [0.5, 0.6) is 0 Å². The average Bonchev–Trinajstić information content (AvgIpc) is 2.30. The highest BCUT2D eigenvalue weighted by Gasteiger charge is 2.32. The van der Waals surface area contributed by atoms with Gasteiger partial charge in [0.1, 0.15) is 6.10 Å². The van der Waals surface area contributed by atoms with E-state index >= 15 is 0 Å². The van der Waals surface area contributed by atoms with Gasteiger partial charge >= 0.3 is 5.97 Å². The first-order valence-electron chi connectivity index (χ1n) is 5.09. The van der Waals surface area contributed by atoms with Gasteiger partial charge in [-0.1, -0.05) is 13.5 Å². The lowest BCUT2D eigenvalue weighted by Crippen LogP contribution is -2.33. The predicted molar refractivity (Wildman–Crippen MR) is 55.0 cm³/mol. The number of carbonyl (C=O) groups excluding carboxylic acids is 1. The number of methoxy groups -OCH3 is 1. The number of carbonyl (C=O) groups is 1. The molecule has 0 bridgehead atoms. The lowest BCUT2D eigenvalue weighted by atomic mass is 10.0. The molecular weight excluding hydrogens is 196 g/mol. The number of ether oxygens (including phenoxy) is 3. The Bertz CT molecular complexity index is 249. The molecule has 3 atom stereocenters. The number of hydrogen-bond donors (Lipinski definition) is 0. The largest absolute Gasteiger partial charge is 0.469 e. The molecule has 1 fully saturated rings. The van der Waals surface area contributed by atoms with Gasteiger partial charge in [0.05, 0.1) is 11.7 Å². The average molecular weight is 214 g/mol. The third-order valence-corrected chi connectivity index (χ3v) is 2.56. The third kappa shape index (κ3) is 3.23. The fourth-order valence-electron chi connectivity index (χ4n) is 1.71. The van der Waals surface area contributed by atoms with Gasteiger partial charge in [-0.2, -0.15) is 0 Å². The van der Waals surface area contributed by atoms with Gasteiger partial charge in [0, 0.05) is 20.5 Å². The lowest BCUT2D eigenvalue weighted by molar-refractivity contribution is -0.165. The minimum absolute atomic E-state index is 0.0122. The van der Waals surface area contributed by atoms with E-state index in [-0.39, 0.29) is 24.3 Å². The van der Waals surface area contributed by atoms with E-state index in [1.54, 1.807) is 7.11 Å². The molecule has 0 amide bonds. The zero-order valence-corrected chi connectivity index (χ0v) is 9.49. The van der Waals surface area contributed by atoms with Crippen LogP contribution in [0.4, 0.5) is 0 Å². The van der Waals surface area contributed by atoms with Crippen LogP contribution in [0.15, 0.2) is 12.3 Å². The van der Waals surface area contributed by atoms with Crippen LogP contribution in [0.2, 0.25) is 0 Å². The summed E-state index contributed by atoms with van der Waals surface area (Å²) in [6.45, 7) is 7.13. The van der Waals surface area contributed by atoms with Crippen molar-refractivity contribution in [2.45, 2.75) is 39.1 Å². The van der Waals surface area contributed by atoms with Crippen LogP contribution in [0, 0.1) is 5.92 Å². The number of allylic oxidation sites excluding steroid dienone is 1. The normalized spacial score (nSPS) is 31.7. The molecule has 0 spiro atoms. The summed E-state index contributed by atoms with van der Waals surface area (Å²) in [6, 6.07) is 0. The molecule has 4 heteroatoms. The van der Waals surface area contributed by atoms with Crippen LogP contribution in [-0.2, 0) is 19.0 Å². The predicted octanol–water partition coefficient (Wildman–Crippen LogP) is 1.85. The zero-order chi connectivity index (χ0) is 11.4. The fourth-order valence-corrected chi connectivity index (χ4v) is 1.71. The van der Waals surface area contributed by atoms with Gasteiger partial charge in [-0.25, -0.2) is 0 Å². The maximum Gasteiger partial charge on any atom is 0.302 e. The van der Waals surface area contributed by atoms with Crippen molar-refractivity contribution in [3.63, 3.8) is 0 Å². The van der Waals surface area contributed by atoms with E-state index < -0.39 is 0 Å². The lowest BCUT2D eigenvalue weighted by Gasteiger charge is -2.26. The van der Waals surface area contributed by atoms with Gasteiger partial charge in [-0.3, -0.25) is 4.79 Å². The highest BCUT2D eigenvalue weighted by molar-refractivity contribution is 5.66. The maximum absolute atomic E-state index is 10.9. The molecule has 4 nitrogen and oxygen atoms in total. The van der Waals surface area contributed by atoms with E-state index in [1.165, 1.54) is 6.92 Å². The summed E-state index contributed by atoms with van der Waals surface area (Å²) >= 11 is 0. The highest BCUT2D eigenvalue weighted by Crippen LogP contribution is 2.27. The molecule has 0 N–H and O–H groups in total. The van der Waals surface area contributed by atoms with Crippen molar-refractivity contribution < 1.29 is 19.0 Å². The molecule has 0 unspecified atom stereocenters. The van der Waals surface area contributed by atoms with Crippen molar-refractivity contribution in [1.29, 1.82) is 0 Å². The van der Waals surface area contributed by atoms with E-state index in [4.69, 9.17) is 14.2 Å². The van der Waals surface area contributed by atoms with Gasteiger partial charge < -0.3 is 14.2 Å². The molecule has 86 valence electrons. The van der Waals surface area contributed by atoms with Crippen molar-refractivity contribution >= 4 is 5.97 Å². The van der Waals surface area contributed by atoms with Crippen molar-refractivity contribution in [3.8, 4) is 0 Å². The Morgan fingerprint density at radius 1 is 1.60 bits per heavy atom. The highest BCUT2D eigenvalue weighted by atomic mass is 16.7. The second kappa shape index (κ2) is 5.16. The number of rotatable bonds is 2. The Morgan fingerprint density at radius 3 is 2.80 bits per heavy atom. The second-order valence-corrected chi connectivity index (χ2v) is 3.81. The van der Waals surface area contributed by atoms with Crippen LogP contribution in [0.25, 0.3) is 0 Å². The molecule has 0 radical (unpaired) electrons. The van der Waals surface area contributed by atoms with Crippen LogP contribution in [0.3, 0.4) is 0 Å². The molecule has 1 aliphatic rings. The third-order valence-electron chi connectivity index (χ3n) is 2.56. The van der Waals surface area contributed by atoms with Crippen LogP contribution in [-0.4, -0.2) is 25.5 Å². The Hall–Kier alpha value is -1.03. The second-order valence-electron chi connectivity index (χ2n) is 3.81. The first-order chi connectivity index (χ1) is 7.04. The molecule has 0 saturated carbocycles. The first kappa shape index (κ1) is 12.0. The van der Waals surface area contributed by atoms with Gasteiger partial charge in [0.2, 0.25) is 6.29 Å². The summed E-state index contributed by atoms with van der Waals surface area (Å²) in [6.07, 6.45) is 0.887. The Balaban J connectivity index is 2.70. The fraction of sp³-hybridized carbons (Fsp3) is 0.727. The van der Waals surface area contributed by atoms with Crippen LogP contribution >= 0.6 is 0 Å². The van der Waals surface area contributed by atoms with E-state index in [9.17, 15) is 4.79 Å². The molecule has 1 heterocycles. The first-order valence-corrected chi connectivity index (χ1v) is 5.09. The summed E-state index contributed by atoms with van der Waals surface area (Å²) in [4.78, 5) is 10.9. The minimum Gasteiger partial charge on any atom is -0.469 e. The Kier molecular flexibility index (Phi) is 4.15. The molecule has 0 aromatic carbocycles. The molecule has 0 aromatic heterocycles. The topological polar surface area (TPSA) is 44.8 Å². The number of esters is 1. The molecule has 1 aliphatic heterocycles. The standard InChI is InChI=1S/C11H18O4/c1-7-5-6-10(15-9(3)12)8(2)11(13-4)14-7/h8,10-11H,1,5-6H2,2-4H3/t8-,10-,11-/m1/s1. The van der Waals surface area contributed by atoms with Crippen LogP contribution < -0.4 is 0 Å². The van der Waals surface area contributed by atoms with E-state index in [2.05, 4.69) is 6.58 Å². The summed E-state index contributed by atoms with van der Waals surface area (Å²) in [5.41, 5.74) is 0. The van der Waals surface area contributed by atoms with Crippen molar-refractivity contribution in [2.75, 3.05) is 7.11 Å². The van der Waals surface area contributed by atoms with E-state index in [0.29, 0.717) is 12.2 Å². The maximum atomic E-state index is 10.9. The quantitative estimate of drug-likeness (QED) is 0.658. The molecule has 0 aromatic rings. The van der Waals surface area contributed by atoms with Crippen molar-refractivity contribution in [3.05, 3.63) is 12.3 Å². The molecule has 15 heavy (non-hydrogen) atoms. The van der Waals surface area contributed by atoms with Gasteiger partial charge in [0.25, 0.3) is 0 Å². The smallest absolute Gasteiger partial charge is 0.302 e. The molecule has 0 aliphatic carbocycles. The summed E-state index contributed by atoms with van der Waals surface area (Å²) < 4.78 is 15.9. The summed E-state index contributed by atoms with van der Waals surface area (Å²) in [7, 11) is 1.57. The van der Waals surface area contributed by atoms with Gasteiger partial charge in [-0.15, -0.1) is 0 Å². The SMILES string of the molecule is C=C1CC[C@@H](OC(C)=O)[C@@H](C)[C@H](OC)O1.